The SMILES string of the molecule is O=C(O)C=Cc1ccc(C(=C2CCCCC2)c2ccc3[nH]ncc3c2)cc1. The van der Waals surface area contributed by atoms with Gasteiger partial charge in [0.05, 0.1) is 11.7 Å². The van der Waals surface area contributed by atoms with E-state index in [2.05, 4.69) is 40.5 Å². The number of carboxylic acids is 1. The van der Waals surface area contributed by atoms with Gasteiger partial charge in [0, 0.05) is 11.5 Å². The standard InChI is InChI=1S/C23H22N2O2/c26-22(27)13-8-16-6-9-18(10-7-16)23(17-4-2-1-3-5-17)19-11-12-21-20(14-19)15-24-25-21/h6-15H,1-5H2,(H,24,25)(H,26,27). The Morgan fingerprint density at radius 3 is 2.48 bits per heavy atom. The van der Waals surface area contributed by atoms with Crippen molar-refractivity contribution in [1.29, 1.82) is 0 Å². The predicted molar refractivity (Wildman–Crippen MR) is 108 cm³/mol. The molecule has 1 aliphatic carbocycles. The van der Waals surface area contributed by atoms with Gasteiger partial charge in [-0.2, -0.15) is 5.10 Å². The minimum Gasteiger partial charge on any atom is -0.478 e. The largest absolute Gasteiger partial charge is 0.478 e. The van der Waals surface area contributed by atoms with Gasteiger partial charge < -0.3 is 5.11 Å². The molecule has 1 saturated carbocycles. The summed E-state index contributed by atoms with van der Waals surface area (Å²) < 4.78 is 0. The van der Waals surface area contributed by atoms with Gasteiger partial charge in [0.2, 0.25) is 0 Å². The average molecular weight is 358 g/mol. The van der Waals surface area contributed by atoms with Gasteiger partial charge in [-0.15, -0.1) is 0 Å². The van der Waals surface area contributed by atoms with Crippen LogP contribution >= 0.6 is 0 Å². The highest BCUT2D eigenvalue weighted by atomic mass is 16.4. The Hall–Kier alpha value is -3.14. The molecular weight excluding hydrogens is 336 g/mol. The Kier molecular flexibility index (Phi) is 4.88. The number of aromatic nitrogens is 2. The van der Waals surface area contributed by atoms with E-state index in [4.69, 9.17) is 5.11 Å². The zero-order chi connectivity index (χ0) is 18.6. The third kappa shape index (κ3) is 3.85. The number of fused-ring (bicyclic) bond motifs is 1. The first-order chi connectivity index (χ1) is 13.2. The summed E-state index contributed by atoms with van der Waals surface area (Å²) in [6, 6.07) is 14.6. The van der Waals surface area contributed by atoms with Crippen molar-refractivity contribution in [3.8, 4) is 0 Å². The van der Waals surface area contributed by atoms with Crippen molar-refractivity contribution in [2.75, 3.05) is 0 Å². The van der Waals surface area contributed by atoms with Gasteiger partial charge in [-0.05, 0) is 66.2 Å². The van der Waals surface area contributed by atoms with Crippen LogP contribution in [0.2, 0.25) is 0 Å². The van der Waals surface area contributed by atoms with Gasteiger partial charge in [-0.25, -0.2) is 4.79 Å². The summed E-state index contributed by atoms with van der Waals surface area (Å²) in [5, 5.41) is 17.1. The minimum absolute atomic E-state index is 0.888. The summed E-state index contributed by atoms with van der Waals surface area (Å²) in [7, 11) is 0. The molecule has 0 unspecified atom stereocenters. The zero-order valence-electron chi connectivity index (χ0n) is 15.1. The molecule has 136 valence electrons. The second-order valence-corrected chi connectivity index (χ2v) is 7.00. The van der Waals surface area contributed by atoms with E-state index in [1.165, 1.54) is 47.6 Å². The van der Waals surface area contributed by atoms with E-state index in [1.54, 1.807) is 6.08 Å². The fraction of sp³-hybridized carbons (Fsp3) is 0.217. The van der Waals surface area contributed by atoms with Gasteiger partial charge in [-0.1, -0.05) is 42.3 Å². The van der Waals surface area contributed by atoms with Gasteiger partial charge in [-0.3, -0.25) is 5.10 Å². The second-order valence-electron chi connectivity index (χ2n) is 7.00. The van der Waals surface area contributed by atoms with Crippen molar-refractivity contribution in [2.24, 2.45) is 0 Å². The molecule has 0 amide bonds. The van der Waals surface area contributed by atoms with Crippen molar-refractivity contribution in [2.45, 2.75) is 32.1 Å². The number of nitrogens with one attached hydrogen (secondary N) is 1. The Bertz CT molecular complexity index is 1020. The Labute approximate surface area is 158 Å². The molecular formula is C23H22N2O2. The number of carbonyl (C=O) groups is 1. The summed E-state index contributed by atoms with van der Waals surface area (Å²) in [6.07, 6.45) is 10.7. The lowest BCUT2D eigenvalue weighted by molar-refractivity contribution is -0.131. The van der Waals surface area contributed by atoms with Crippen molar-refractivity contribution in [3.63, 3.8) is 0 Å². The quantitative estimate of drug-likeness (QED) is 0.611. The number of hydrogen-bond donors (Lipinski definition) is 2. The van der Waals surface area contributed by atoms with E-state index in [9.17, 15) is 4.79 Å². The zero-order valence-corrected chi connectivity index (χ0v) is 15.1. The van der Waals surface area contributed by atoms with Gasteiger partial charge in [0.15, 0.2) is 0 Å². The molecule has 0 bridgehead atoms. The van der Waals surface area contributed by atoms with Crippen molar-refractivity contribution < 1.29 is 9.90 Å². The van der Waals surface area contributed by atoms with Crippen molar-refractivity contribution in [1.82, 2.24) is 10.2 Å². The maximum absolute atomic E-state index is 10.7. The number of allylic oxidation sites excluding steroid dienone is 1. The summed E-state index contributed by atoms with van der Waals surface area (Å²) in [6.45, 7) is 0. The lowest BCUT2D eigenvalue weighted by atomic mass is 9.84. The molecule has 2 N–H and O–H groups in total. The molecule has 1 aliphatic rings. The summed E-state index contributed by atoms with van der Waals surface area (Å²) >= 11 is 0. The number of rotatable bonds is 4. The first-order valence-corrected chi connectivity index (χ1v) is 9.38. The van der Waals surface area contributed by atoms with Crippen LogP contribution in [0.3, 0.4) is 0 Å². The van der Waals surface area contributed by atoms with Crippen LogP contribution in [0, 0.1) is 0 Å². The number of H-pyrrole nitrogens is 1. The minimum atomic E-state index is -0.933. The summed E-state index contributed by atoms with van der Waals surface area (Å²) in [5.74, 6) is -0.933. The number of benzene rings is 2. The van der Waals surface area contributed by atoms with E-state index in [1.807, 2.05) is 18.3 Å². The predicted octanol–water partition coefficient (Wildman–Crippen LogP) is 5.43. The van der Waals surface area contributed by atoms with Crippen molar-refractivity contribution in [3.05, 3.63) is 77.0 Å². The number of nitrogens with zero attached hydrogens (tertiary/aromatic N) is 1. The summed E-state index contributed by atoms with van der Waals surface area (Å²) in [5.41, 5.74) is 7.15. The summed E-state index contributed by atoms with van der Waals surface area (Å²) in [4.78, 5) is 10.7. The van der Waals surface area contributed by atoms with Crippen LogP contribution in [0.4, 0.5) is 0 Å². The second kappa shape index (κ2) is 7.62. The normalized spacial score (nSPS) is 14.7. The van der Waals surface area contributed by atoms with Crippen LogP contribution in [0.1, 0.15) is 48.8 Å². The molecule has 4 heteroatoms. The number of aliphatic carboxylic acids is 1. The Balaban J connectivity index is 1.77. The molecule has 0 atom stereocenters. The maximum Gasteiger partial charge on any atom is 0.328 e. The van der Waals surface area contributed by atoms with Crippen LogP contribution in [-0.2, 0) is 4.79 Å². The topological polar surface area (TPSA) is 66.0 Å². The number of hydrogen-bond acceptors (Lipinski definition) is 2. The number of aromatic amines is 1. The van der Waals surface area contributed by atoms with Crippen molar-refractivity contribution >= 4 is 28.5 Å². The molecule has 0 spiro atoms. The fourth-order valence-corrected chi connectivity index (χ4v) is 3.83. The third-order valence-electron chi connectivity index (χ3n) is 5.16. The smallest absolute Gasteiger partial charge is 0.328 e. The molecule has 4 rings (SSSR count). The highest BCUT2D eigenvalue weighted by Crippen LogP contribution is 2.36. The van der Waals surface area contributed by atoms with Gasteiger partial charge in [0.25, 0.3) is 0 Å². The molecule has 0 radical (unpaired) electrons. The fourth-order valence-electron chi connectivity index (χ4n) is 3.83. The molecule has 0 aliphatic heterocycles. The lowest BCUT2D eigenvalue weighted by Crippen LogP contribution is -2.00. The average Bonchev–Trinajstić information content (AvgIpc) is 3.16. The third-order valence-corrected chi connectivity index (χ3v) is 5.16. The molecule has 27 heavy (non-hydrogen) atoms. The van der Waals surface area contributed by atoms with E-state index in [0.717, 1.165) is 29.3 Å². The Morgan fingerprint density at radius 2 is 1.74 bits per heavy atom. The van der Waals surface area contributed by atoms with Crippen LogP contribution in [0.5, 0.6) is 0 Å². The van der Waals surface area contributed by atoms with Crippen LogP contribution in [0.25, 0.3) is 22.6 Å². The van der Waals surface area contributed by atoms with Crippen LogP contribution in [-0.4, -0.2) is 21.3 Å². The maximum atomic E-state index is 10.7. The molecule has 1 aromatic heterocycles. The molecule has 1 fully saturated rings. The van der Waals surface area contributed by atoms with E-state index >= 15 is 0 Å². The highest BCUT2D eigenvalue weighted by molar-refractivity contribution is 5.89. The Morgan fingerprint density at radius 1 is 1.00 bits per heavy atom. The van der Waals surface area contributed by atoms with E-state index < -0.39 is 5.97 Å². The van der Waals surface area contributed by atoms with Gasteiger partial charge in [0.1, 0.15) is 0 Å². The first-order valence-electron chi connectivity index (χ1n) is 9.38. The molecule has 3 aromatic rings. The van der Waals surface area contributed by atoms with E-state index in [-0.39, 0.29) is 0 Å². The highest BCUT2D eigenvalue weighted by Gasteiger charge is 2.15. The molecule has 1 heterocycles. The molecule has 4 nitrogen and oxygen atoms in total. The molecule has 0 saturated heterocycles. The lowest BCUT2D eigenvalue weighted by Gasteiger charge is -2.20. The van der Waals surface area contributed by atoms with E-state index in [0.29, 0.717) is 0 Å². The van der Waals surface area contributed by atoms with Crippen LogP contribution in [0.15, 0.2) is 60.3 Å². The van der Waals surface area contributed by atoms with Crippen LogP contribution < -0.4 is 0 Å². The first kappa shape index (κ1) is 17.3. The number of carboxylic acid groups (broad SMARTS) is 1. The molecule has 2 aromatic carbocycles. The van der Waals surface area contributed by atoms with Gasteiger partial charge >= 0.3 is 5.97 Å². The monoisotopic (exact) mass is 358 g/mol.